The molecular weight excluding hydrogens is 342 g/mol. The van der Waals surface area contributed by atoms with Crippen molar-refractivity contribution in [3.8, 4) is 16.9 Å². The maximum absolute atomic E-state index is 13.4. The molecule has 0 radical (unpaired) electrons. The van der Waals surface area contributed by atoms with Crippen molar-refractivity contribution in [1.82, 2.24) is 0 Å². The van der Waals surface area contributed by atoms with Crippen LogP contribution in [0.4, 0.5) is 8.78 Å². The van der Waals surface area contributed by atoms with E-state index in [1.165, 1.54) is 44.6 Å². The molecule has 0 aliphatic heterocycles. The Hall–Kier alpha value is -2.16. The van der Waals surface area contributed by atoms with Crippen LogP contribution in [0.25, 0.3) is 11.1 Å². The number of benzene rings is 2. The lowest BCUT2D eigenvalue weighted by Gasteiger charge is -2.26. The fourth-order valence-electron chi connectivity index (χ4n) is 3.89. The molecule has 1 fully saturated rings. The van der Waals surface area contributed by atoms with Crippen LogP contribution >= 0.6 is 0 Å². The maximum atomic E-state index is 13.4. The summed E-state index contributed by atoms with van der Waals surface area (Å²) in [6.07, 6.45) is 12.4. The summed E-state index contributed by atoms with van der Waals surface area (Å²) in [4.78, 5) is 0. The lowest BCUT2D eigenvalue weighted by Crippen LogP contribution is -2.13. The minimum Gasteiger partial charge on any atom is -0.490 e. The summed E-state index contributed by atoms with van der Waals surface area (Å²) in [5, 5.41) is 0. The fraction of sp³-hybridized carbons (Fsp3) is 0.417. The van der Waals surface area contributed by atoms with Gasteiger partial charge in [-0.2, -0.15) is 0 Å². The standard InChI is InChI=1S/C24H28F2O/c1-2-4-18-6-8-19(9-7-18)5-3-16-27-22-13-10-20(11-14-22)21-12-15-23(25)24(26)17-21/h3,5,10-15,17-19H,2,4,6-9,16H2,1H3/b5-3+. The third kappa shape index (κ3) is 5.66. The molecule has 0 bridgehead atoms. The topological polar surface area (TPSA) is 9.23 Å². The molecule has 1 aliphatic carbocycles. The summed E-state index contributed by atoms with van der Waals surface area (Å²) in [6, 6.07) is 11.4. The Morgan fingerprint density at radius 1 is 0.926 bits per heavy atom. The van der Waals surface area contributed by atoms with Crippen LogP contribution in [-0.2, 0) is 0 Å². The Morgan fingerprint density at radius 3 is 2.30 bits per heavy atom. The summed E-state index contributed by atoms with van der Waals surface area (Å²) in [6.45, 7) is 2.83. The molecule has 1 saturated carbocycles. The summed E-state index contributed by atoms with van der Waals surface area (Å²) >= 11 is 0. The van der Waals surface area contributed by atoms with E-state index in [1.54, 1.807) is 6.07 Å². The van der Waals surface area contributed by atoms with Gasteiger partial charge in [-0.3, -0.25) is 0 Å². The molecule has 0 N–H and O–H groups in total. The first-order valence-electron chi connectivity index (χ1n) is 10.0. The first-order valence-corrected chi connectivity index (χ1v) is 10.0. The van der Waals surface area contributed by atoms with E-state index in [9.17, 15) is 8.78 Å². The summed E-state index contributed by atoms with van der Waals surface area (Å²) < 4.78 is 32.2. The molecule has 2 aromatic rings. The van der Waals surface area contributed by atoms with Crippen molar-refractivity contribution < 1.29 is 13.5 Å². The number of halogens is 2. The average molecular weight is 370 g/mol. The van der Waals surface area contributed by atoms with E-state index in [-0.39, 0.29) is 0 Å². The van der Waals surface area contributed by atoms with Crippen LogP contribution in [0.3, 0.4) is 0 Å². The number of rotatable bonds is 7. The zero-order valence-electron chi connectivity index (χ0n) is 16.0. The van der Waals surface area contributed by atoms with Gasteiger partial charge in [0.1, 0.15) is 12.4 Å². The molecule has 144 valence electrons. The molecule has 0 heterocycles. The normalized spacial score (nSPS) is 20.1. The van der Waals surface area contributed by atoms with Gasteiger partial charge in [-0.15, -0.1) is 0 Å². The molecule has 0 atom stereocenters. The van der Waals surface area contributed by atoms with Gasteiger partial charge in [0.25, 0.3) is 0 Å². The lowest BCUT2D eigenvalue weighted by atomic mass is 9.80. The molecule has 27 heavy (non-hydrogen) atoms. The maximum Gasteiger partial charge on any atom is 0.159 e. The number of allylic oxidation sites excluding steroid dienone is 1. The van der Waals surface area contributed by atoms with E-state index in [4.69, 9.17) is 4.74 Å². The summed E-state index contributed by atoms with van der Waals surface area (Å²) in [5.41, 5.74) is 1.49. The van der Waals surface area contributed by atoms with Gasteiger partial charge < -0.3 is 4.74 Å². The fourth-order valence-corrected chi connectivity index (χ4v) is 3.89. The zero-order chi connectivity index (χ0) is 19.1. The molecule has 0 amide bonds. The second-order valence-electron chi connectivity index (χ2n) is 7.46. The minimum absolute atomic E-state index is 0.555. The molecule has 1 aliphatic rings. The summed E-state index contributed by atoms with van der Waals surface area (Å²) in [7, 11) is 0. The predicted molar refractivity (Wildman–Crippen MR) is 107 cm³/mol. The van der Waals surface area contributed by atoms with E-state index in [1.807, 2.05) is 24.3 Å². The van der Waals surface area contributed by atoms with Crippen molar-refractivity contribution in [3.63, 3.8) is 0 Å². The van der Waals surface area contributed by atoms with Crippen LogP contribution in [0.5, 0.6) is 5.75 Å². The van der Waals surface area contributed by atoms with Crippen molar-refractivity contribution in [2.45, 2.75) is 45.4 Å². The molecule has 0 saturated heterocycles. The van der Waals surface area contributed by atoms with E-state index in [0.717, 1.165) is 23.3 Å². The smallest absolute Gasteiger partial charge is 0.159 e. The van der Waals surface area contributed by atoms with Gasteiger partial charge in [0.15, 0.2) is 11.6 Å². The first-order chi connectivity index (χ1) is 13.2. The van der Waals surface area contributed by atoms with Crippen LogP contribution in [0.1, 0.15) is 45.4 Å². The quantitative estimate of drug-likeness (QED) is 0.469. The molecule has 2 aromatic carbocycles. The lowest BCUT2D eigenvalue weighted by molar-refractivity contribution is 0.292. The van der Waals surface area contributed by atoms with Crippen molar-refractivity contribution in [1.29, 1.82) is 0 Å². The van der Waals surface area contributed by atoms with Gasteiger partial charge >= 0.3 is 0 Å². The zero-order valence-corrected chi connectivity index (χ0v) is 16.0. The molecule has 0 spiro atoms. The second-order valence-corrected chi connectivity index (χ2v) is 7.46. The average Bonchev–Trinajstić information content (AvgIpc) is 2.69. The first kappa shape index (κ1) is 19.6. The van der Waals surface area contributed by atoms with E-state index < -0.39 is 11.6 Å². The van der Waals surface area contributed by atoms with Crippen LogP contribution in [0.15, 0.2) is 54.6 Å². The highest BCUT2D eigenvalue weighted by molar-refractivity contribution is 5.64. The summed E-state index contributed by atoms with van der Waals surface area (Å²) in [5.74, 6) is 0.741. The van der Waals surface area contributed by atoms with Crippen LogP contribution in [-0.4, -0.2) is 6.61 Å². The van der Waals surface area contributed by atoms with Crippen molar-refractivity contribution in [2.75, 3.05) is 6.61 Å². The third-order valence-corrected chi connectivity index (χ3v) is 5.45. The Balaban J connectivity index is 1.46. The van der Waals surface area contributed by atoms with Gasteiger partial charge in [-0.05, 0) is 72.9 Å². The van der Waals surface area contributed by atoms with Crippen molar-refractivity contribution in [2.24, 2.45) is 11.8 Å². The van der Waals surface area contributed by atoms with Gasteiger partial charge in [0, 0.05) is 0 Å². The molecule has 1 nitrogen and oxygen atoms in total. The molecular formula is C24H28F2O. The van der Waals surface area contributed by atoms with Crippen LogP contribution in [0.2, 0.25) is 0 Å². The Labute approximate surface area is 161 Å². The SMILES string of the molecule is CCCC1CCC(/C=C/COc2ccc(-c3ccc(F)c(F)c3)cc2)CC1. The van der Waals surface area contributed by atoms with Crippen molar-refractivity contribution in [3.05, 3.63) is 66.3 Å². The molecule has 0 unspecified atom stereocenters. The van der Waals surface area contributed by atoms with E-state index in [0.29, 0.717) is 18.1 Å². The van der Waals surface area contributed by atoms with Crippen molar-refractivity contribution >= 4 is 0 Å². The van der Waals surface area contributed by atoms with Gasteiger partial charge in [0.05, 0.1) is 0 Å². The van der Waals surface area contributed by atoms with E-state index >= 15 is 0 Å². The predicted octanol–water partition coefficient (Wildman–Crippen LogP) is 7.17. The highest BCUT2D eigenvalue weighted by Crippen LogP contribution is 2.32. The Kier molecular flexibility index (Phi) is 7.03. The highest BCUT2D eigenvalue weighted by Gasteiger charge is 2.18. The van der Waals surface area contributed by atoms with Gasteiger partial charge in [0.2, 0.25) is 0 Å². The Morgan fingerprint density at radius 2 is 1.63 bits per heavy atom. The van der Waals surface area contributed by atoms with Gasteiger partial charge in [-0.25, -0.2) is 8.78 Å². The monoisotopic (exact) mass is 370 g/mol. The molecule has 3 rings (SSSR count). The number of hydrogen-bond acceptors (Lipinski definition) is 1. The van der Waals surface area contributed by atoms with Gasteiger partial charge in [-0.1, -0.05) is 50.1 Å². The Bertz CT molecular complexity index is 743. The minimum atomic E-state index is -0.832. The largest absolute Gasteiger partial charge is 0.490 e. The van der Waals surface area contributed by atoms with E-state index in [2.05, 4.69) is 19.1 Å². The highest BCUT2D eigenvalue weighted by atomic mass is 19.2. The molecule has 0 aromatic heterocycles. The number of ether oxygens (including phenoxy) is 1. The number of hydrogen-bond donors (Lipinski definition) is 0. The van der Waals surface area contributed by atoms with Crippen LogP contribution in [0, 0.1) is 23.5 Å². The van der Waals surface area contributed by atoms with Crippen LogP contribution < -0.4 is 4.74 Å². The third-order valence-electron chi connectivity index (χ3n) is 5.45. The second kappa shape index (κ2) is 9.68. The molecule has 3 heteroatoms.